The van der Waals surface area contributed by atoms with Crippen LogP contribution in [-0.2, 0) is 0 Å². The Morgan fingerprint density at radius 2 is 1.24 bits per heavy atom. The van der Waals surface area contributed by atoms with Crippen molar-refractivity contribution < 1.29 is 0 Å². The molecule has 0 saturated heterocycles. The minimum absolute atomic E-state index is 0.931. The fourth-order valence-corrected chi connectivity index (χ4v) is 5.11. The van der Waals surface area contributed by atoms with Gasteiger partial charge in [0.25, 0.3) is 0 Å². The van der Waals surface area contributed by atoms with Gasteiger partial charge in [-0.1, -0.05) is 24.3 Å². The zero-order valence-corrected chi connectivity index (χ0v) is 16.9. The van der Waals surface area contributed by atoms with Gasteiger partial charge in [0.05, 0.1) is 23.8 Å². The van der Waals surface area contributed by atoms with E-state index in [9.17, 15) is 0 Å². The maximum absolute atomic E-state index is 4.35. The number of hydrogen-bond acceptors (Lipinski definition) is 3. The topological polar surface area (TPSA) is 57.4 Å². The third-order valence-corrected chi connectivity index (χ3v) is 6.50. The van der Waals surface area contributed by atoms with Crippen LogP contribution in [0, 0.1) is 13.8 Å². The summed E-state index contributed by atoms with van der Waals surface area (Å²) >= 11 is 1.80. The van der Waals surface area contributed by atoms with Crippen LogP contribution in [0.3, 0.4) is 0 Å². The molecular formula is C24H18N4S. The second-order valence-electron chi connectivity index (χ2n) is 7.45. The summed E-state index contributed by atoms with van der Waals surface area (Å²) < 4.78 is 1.32. The minimum atomic E-state index is 0.931. The highest BCUT2D eigenvalue weighted by Crippen LogP contribution is 2.40. The zero-order valence-electron chi connectivity index (χ0n) is 16.1. The van der Waals surface area contributed by atoms with Crippen LogP contribution in [0.1, 0.15) is 11.6 Å². The van der Waals surface area contributed by atoms with Gasteiger partial charge >= 0.3 is 0 Å². The molecule has 0 saturated carbocycles. The average Bonchev–Trinajstić information content (AvgIpc) is 3.48. The molecule has 0 aliphatic carbocycles. The maximum atomic E-state index is 4.35. The Bertz CT molecular complexity index is 1420. The summed E-state index contributed by atoms with van der Waals surface area (Å²) in [4.78, 5) is 15.4. The summed E-state index contributed by atoms with van der Waals surface area (Å²) in [6.07, 6.45) is 3.81. The molecule has 0 spiro atoms. The predicted octanol–water partition coefficient (Wildman–Crippen LogP) is 6.60. The van der Waals surface area contributed by atoms with Gasteiger partial charge in [-0.3, -0.25) is 0 Å². The molecule has 3 aromatic carbocycles. The Balaban J connectivity index is 1.66. The molecule has 6 aromatic rings. The molecule has 2 N–H and O–H groups in total. The van der Waals surface area contributed by atoms with Gasteiger partial charge in [-0.25, -0.2) is 9.97 Å². The minimum Gasteiger partial charge on any atom is -0.342 e. The quantitative estimate of drug-likeness (QED) is 0.325. The largest absolute Gasteiger partial charge is 0.342 e. The number of imidazole rings is 2. The first-order chi connectivity index (χ1) is 14.2. The van der Waals surface area contributed by atoms with Crippen LogP contribution in [-0.4, -0.2) is 19.9 Å². The molecular weight excluding hydrogens is 376 g/mol. The summed E-state index contributed by atoms with van der Waals surface area (Å²) in [6, 6.07) is 15.6. The summed E-state index contributed by atoms with van der Waals surface area (Å²) in [5.74, 6) is 1.86. The molecule has 6 rings (SSSR count). The van der Waals surface area contributed by atoms with Gasteiger partial charge in [0.1, 0.15) is 11.6 Å². The van der Waals surface area contributed by atoms with Gasteiger partial charge < -0.3 is 9.97 Å². The van der Waals surface area contributed by atoms with E-state index in [2.05, 4.69) is 67.8 Å². The number of H-pyrrole nitrogens is 2. The van der Waals surface area contributed by atoms with Crippen molar-refractivity contribution in [2.45, 2.75) is 13.8 Å². The lowest BCUT2D eigenvalue weighted by atomic mass is 9.95. The van der Waals surface area contributed by atoms with E-state index in [0.29, 0.717) is 0 Å². The first-order valence-corrected chi connectivity index (χ1v) is 10.5. The van der Waals surface area contributed by atoms with Crippen molar-refractivity contribution in [2.75, 3.05) is 0 Å². The standard InChI is InChI=1S/C24H18N4S/c1-13-25-11-22(27-13)15-3-5-17-18-6-4-16(23-12-26-14(2)28-23)10-21(18)24-19(7-8-29-24)20(17)9-15/h3-12H,1-2H3,(H,25,27)(H,26,28). The van der Waals surface area contributed by atoms with E-state index in [1.165, 1.54) is 31.6 Å². The van der Waals surface area contributed by atoms with Crippen LogP contribution in [0.2, 0.25) is 0 Å². The highest BCUT2D eigenvalue weighted by atomic mass is 32.1. The Morgan fingerprint density at radius 3 is 1.83 bits per heavy atom. The molecule has 0 atom stereocenters. The van der Waals surface area contributed by atoms with E-state index >= 15 is 0 Å². The Morgan fingerprint density at radius 1 is 0.655 bits per heavy atom. The molecule has 0 unspecified atom stereocenters. The first kappa shape index (κ1) is 16.5. The molecule has 0 radical (unpaired) electrons. The van der Waals surface area contributed by atoms with Crippen molar-refractivity contribution in [3.63, 3.8) is 0 Å². The fraction of sp³-hybridized carbons (Fsp3) is 0.0833. The lowest BCUT2D eigenvalue weighted by Crippen LogP contribution is -1.85. The van der Waals surface area contributed by atoms with Crippen LogP contribution in [0.5, 0.6) is 0 Å². The molecule has 0 aliphatic rings. The second-order valence-corrected chi connectivity index (χ2v) is 8.36. The normalized spacial score (nSPS) is 11.8. The number of aromatic amines is 2. The third-order valence-electron chi connectivity index (χ3n) is 5.56. The third kappa shape index (κ3) is 2.51. The molecule has 5 heteroatoms. The second kappa shape index (κ2) is 6.03. The number of aryl methyl sites for hydroxylation is 2. The number of aromatic nitrogens is 4. The van der Waals surface area contributed by atoms with E-state index in [-0.39, 0.29) is 0 Å². The number of thiophene rings is 1. The Hall–Kier alpha value is -3.44. The summed E-state index contributed by atoms with van der Waals surface area (Å²) in [7, 11) is 0. The number of fused-ring (bicyclic) bond motifs is 6. The fourth-order valence-electron chi connectivity index (χ4n) is 4.17. The van der Waals surface area contributed by atoms with Gasteiger partial charge in [-0.05, 0) is 53.6 Å². The summed E-state index contributed by atoms with van der Waals surface area (Å²) in [5, 5.41) is 8.61. The lowest BCUT2D eigenvalue weighted by molar-refractivity contribution is 1.15. The van der Waals surface area contributed by atoms with Crippen molar-refractivity contribution in [3.8, 4) is 22.5 Å². The molecule has 140 valence electrons. The summed E-state index contributed by atoms with van der Waals surface area (Å²) in [6.45, 7) is 3.96. The molecule has 0 fully saturated rings. The van der Waals surface area contributed by atoms with Crippen molar-refractivity contribution in [3.05, 3.63) is 71.9 Å². The molecule has 0 amide bonds. The van der Waals surface area contributed by atoms with Crippen molar-refractivity contribution >= 4 is 43.0 Å². The molecule has 4 nitrogen and oxygen atoms in total. The van der Waals surface area contributed by atoms with E-state index in [0.717, 1.165) is 34.2 Å². The summed E-state index contributed by atoms with van der Waals surface area (Å²) in [5.41, 5.74) is 4.43. The molecule has 0 bridgehead atoms. The molecule has 0 aliphatic heterocycles. The lowest BCUT2D eigenvalue weighted by Gasteiger charge is -2.10. The van der Waals surface area contributed by atoms with Crippen LogP contribution >= 0.6 is 11.3 Å². The van der Waals surface area contributed by atoms with Crippen molar-refractivity contribution in [1.82, 2.24) is 19.9 Å². The van der Waals surface area contributed by atoms with Crippen LogP contribution in [0.25, 0.3) is 54.1 Å². The van der Waals surface area contributed by atoms with E-state index in [4.69, 9.17) is 0 Å². The van der Waals surface area contributed by atoms with Gasteiger partial charge in [0, 0.05) is 26.6 Å². The number of benzene rings is 3. The Labute approximate surface area is 171 Å². The van der Waals surface area contributed by atoms with Gasteiger partial charge in [0.2, 0.25) is 0 Å². The molecule has 29 heavy (non-hydrogen) atoms. The number of nitrogens with zero attached hydrogens (tertiary/aromatic N) is 2. The first-order valence-electron chi connectivity index (χ1n) is 9.58. The van der Waals surface area contributed by atoms with E-state index < -0.39 is 0 Å². The van der Waals surface area contributed by atoms with E-state index in [1.807, 2.05) is 26.2 Å². The van der Waals surface area contributed by atoms with Gasteiger partial charge in [-0.15, -0.1) is 11.3 Å². The number of rotatable bonds is 2. The number of hydrogen-bond donors (Lipinski definition) is 2. The SMILES string of the molecule is Cc1ncc(-c2ccc3c(c2)c2ccsc2c2cc(-c4cnc(C)[nH]4)ccc32)[nH]1. The maximum Gasteiger partial charge on any atom is 0.103 e. The zero-order chi connectivity index (χ0) is 19.5. The Kier molecular flexibility index (Phi) is 3.43. The molecule has 3 heterocycles. The van der Waals surface area contributed by atoms with Crippen molar-refractivity contribution in [2.24, 2.45) is 0 Å². The van der Waals surface area contributed by atoms with E-state index in [1.54, 1.807) is 11.3 Å². The van der Waals surface area contributed by atoms with Gasteiger partial charge in [0.15, 0.2) is 0 Å². The highest BCUT2D eigenvalue weighted by Gasteiger charge is 2.13. The average molecular weight is 395 g/mol. The van der Waals surface area contributed by atoms with Crippen LogP contribution in [0.4, 0.5) is 0 Å². The number of nitrogens with one attached hydrogen (secondary N) is 2. The van der Waals surface area contributed by atoms with Crippen LogP contribution in [0.15, 0.2) is 60.2 Å². The van der Waals surface area contributed by atoms with Gasteiger partial charge in [-0.2, -0.15) is 0 Å². The molecule has 3 aromatic heterocycles. The highest BCUT2D eigenvalue weighted by molar-refractivity contribution is 7.18. The monoisotopic (exact) mass is 394 g/mol. The smallest absolute Gasteiger partial charge is 0.103 e. The van der Waals surface area contributed by atoms with Crippen LogP contribution < -0.4 is 0 Å². The van der Waals surface area contributed by atoms with Crippen molar-refractivity contribution in [1.29, 1.82) is 0 Å². The predicted molar refractivity (Wildman–Crippen MR) is 121 cm³/mol.